The van der Waals surface area contributed by atoms with Gasteiger partial charge in [-0.2, -0.15) is 0 Å². The van der Waals surface area contributed by atoms with Crippen LogP contribution in [0.3, 0.4) is 0 Å². The van der Waals surface area contributed by atoms with E-state index < -0.39 is 6.04 Å². The summed E-state index contributed by atoms with van der Waals surface area (Å²) >= 11 is 0. The van der Waals surface area contributed by atoms with Gasteiger partial charge in [0.25, 0.3) is 5.91 Å². The molecule has 2 heterocycles. The van der Waals surface area contributed by atoms with Crippen molar-refractivity contribution in [1.29, 1.82) is 0 Å². The molecular weight excluding hydrogens is 428 g/mol. The van der Waals surface area contributed by atoms with Gasteiger partial charge in [-0.3, -0.25) is 14.4 Å². The summed E-state index contributed by atoms with van der Waals surface area (Å²) in [6, 6.07) is 26.1. The second kappa shape index (κ2) is 9.19. The molecule has 3 aromatic carbocycles. The lowest BCUT2D eigenvalue weighted by Crippen LogP contribution is -2.50. The Hall–Kier alpha value is -4.45. The third-order valence-corrected chi connectivity index (χ3v) is 5.97. The van der Waals surface area contributed by atoms with E-state index in [2.05, 4.69) is 5.32 Å². The zero-order chi connectivity index (χ0) is 23.5. The van der Waals surface area contributed by atoms with Gasteiger partial charge < -0.3 is 14.6 Å². The first-order valence-electron chi connectivity index (χ1n) is 11.0. The molecular formula is C28H22N2O4. The highest BCUT2D eigenvalue weighted by atomic mass is 16.3. The number of hydrogen-bond acceptors (Lipinski definition) is 4. The number of fused-ring (bicyclic) bond motifs is 1. The lowest BCUT2D eigenvalue weighted by atomic mass is 9.93. The van der Waals surface area contributed by atoms with Gasteiger partial charge in [0.2, 0.25) is 5.91 Å². The first-order chi connectivity index (χ1) is 16.6. The van der Waals surface area contributed by atoms with Crippen molar-refractivity contribution in [2.45, 2.75) is 19.0 Å². The van der Waals surface area contributed by atoms with Crippen LogP contribution < -0.4 is 5.32 Å². The summed E-state index contributed by atoms with van der Waals surface area (Å²) in [5, 5.41) is 2.90. The van der Waals surface area contributed by atoms with Gasteiger partial charge in [0, 0.05) is 29.8 Å². The topological polar surface area (TPSA) is 79.6 Å². The minimum atomic E-state index is -0.721. The number of nitrogens with one attached hydrogen (secondary N) is 1. The minimum Gasteiger partial charge on any atom is -0.459 e. The number of carbonyl (C=O) groups is 3. The van der Waals surface area contributed by atoms with Gasteiger partial charge in [0.05, 0.1) is 6.26 Å². The van der Waals surface area contributed by atoms with Crippen molar-refractivity contribution in [1.82, 2.24) is 4.90 Å². The molecule has 2 amide bonds. The van der Waals surface area contributed by atoms with Crippen LogP contribution in [0.1, 0.15) is 37.6 Å². The molecule has 1 unspecified atom stereocenters. The highest BCUT2D eigenvalue weighted by Crippen LogP contribution is 2.26. The predicted octanol–water partition coefficient (Wildman–Crippen LogP) is 4.72. The largest absolute Gasteiger partial charge is 0.459 e. The molecule has 0 aliphatic carbocycles. The van der Waals surface area contributed by atoms with Crippen LogP contribution in [0.4, 0.5) is 5.69 Å². The summed E-state index contributed by atoms with van der Waals surface area (Å²) in [6.45, 7) is 0.306. The number of ketones is 1. The molecule has 1 atom stereocenters. The van der Waals surface area contributed by atoms with Gasteiger partial charge in [-0.05, 0) is 35.4 Å². The first-order valence-corrected chi connectivity index (χ1v) is 11.0. The van der Waals surface area contributed by atoms with Crippen molar-refractivity contribution in [3.8, 4) is 0 Å². The van der Waals surface area contributed by atoms with Crippen molar-refractivity contribution in [2.75, 3.05) is 5.32 Å². The van der Waals surface area contributed by atoms with Gasteiger partial charge in [0.1, 0.15) is 6.04 Å². The minimum absolute atomic E-state index is 0.127. The summed E-state index contributed by atoms with van der Waals surface area (Å²) in [5.41, 5.74) is 3.57. The maximum absolute atomic E-state index is 13.4. The number of furan rings is 1. The van der Waals surface area contributed by atoms with Crippen LogP contribution in [0.5, 0.6) is 0 Å². The molecule has 1 aromatic heterocycles. The Morgan fingerprint density at radius 2 is 1.53 bits per heavy atom. The summed E-state index contributed by atoms with van der Waals surface area (Å²) in [7, 11) is 0. The molecule has 1 aliphatic heterocycles. The average molecular weight is 450 g/mol. The number of rotatable bonds is 5. The van der Waals surface area contributed by atoms with E-state index in [1.54, 1.807) is 48.5 Å². The lowest BCUT2D eigenvalue weighted by Gasteiger charge is -2.35. The van der Waals surface area contributed by atoms with E-state index in [-0.39, 0.29) is 23.4 Å². The molecule has 0 bridgehead atoms. The van der Waals surface area contributed by atoms with Crippen molar-refractivity contribution in [3.63, 3.8) is 0 Å². The highest BCUT2D eigenvalue weighted by Gasteiger charge is 2.36. The molecule has 4 aromatic rings. The first kappa shape index (κ1) is 21.4. The van der Waals surface area contributed by atoms with E-state index in [1.165, 1.54) is 11.2 Å². The molecule has 6 heteroatoms. The SMILES string of the molecule is O=C(c1ccccc1)c1cccc(NC(=O)C2Cc3ccccc3CN2C(=O)c2ccco2)c1. The number of anilines is 1. The second-order valence-corrected chi connectivity index (χ2v) is 8.16. The molecule has 34 heavy (non-hydrogen) atoms. The Bertz CT molecular complexity index is 1350. The van der Waals surface area contributed by atoms with E-state index in [0.29, 0.717) is 29.8 Å². The van der Waals surface area contributed by atoms with Crippen LogP contribution in [0.25, 0.3) is 0 Å². The van der Waals surface area contributed by atoms with Crippen LogP contribution in [-0.4, -0.2) is 28.5 Å². The van der Waals surface area contributed by atoms with Gasteiger partial charge in [-0.15, -0.1) is 0 Å². The third-order valence-electron chi connectivity index (χ3n) is 5.97. The van der Waals surface area contributed by atoms with Crippen molar-refractivity contribution in [2.24, 2.45) is 0 Å². The molecule has 0 fully saturated rings. The summed E-state index contributed by atoms with van der Waals surface area (Å²) in [5.74, 6) is -0.600. The Balaban J connectivity index is 1.40. The van der Waals surface area contributed by atoms with Crippen LogP contribution in [0.15, 0.2) is 102 Å². The number of nitrogens with zero attached hydrogens (tertiary/aromatic N) is 1. The Morgan fingerprint density at radius 1 is 0.794 bits per heavy atom. The van der Waals surface area contributed by atoms with Crippen LogP contribution in [-0.2, 0) is 17.8 Å². The van der Waals surface area contributed by atoms with Crippen molar-refractivity contribution in [3.05, 3.63) is 125 Å². The maximum atomic E-state index is 13.4. The predicted molar refractivity (Wildman–Crippen MR) is 127 cm³/mol. The zero-order valence-electron chi connectivity index (χ0n) is 18.3. The fourth-order valence-electron chi connectivity index (χ4n) is 4.23. The standard InChI is InChI=1S/C28H22N2O4/c31-26(19-8-2-1-3-9-19)21-12-6-13-23(16-21)29-27(32)24-17-20-10-4-5-11-22(20)18-30(24)28(33)25-14-7-15-34-25/h1-16,24H,17-18H2,(H,29,32). The van der Waals surface area contributed by atoms with Gasteiger partial charge in [-0.25, -0.2) is 0 Å². The Morgan fingerprint density at radius 3 is 2.29 bits per heavy atom. The van der Waals surface area contributed by atoms with Crippen LogP contribution in [0, 0.1) is 0 Å². The van der Waals surface area contributed by atoms with E-state index in [4.69, 9.17) is 4.42 Å². The van der Waals surface area contributed by atoms with Crippen molar-refractivity contribution >= 4 is 23.3 Å². The molecule has 1 N–H and O–H groups in total. The van der Waals surface area contributed by atoms with Crippen molar-refractivity contribution < 1.29 is 18.8 Å². The molecule has 6 nitrogen and oxygen atoms in total. The van der Waals surface area contributed by atoms with Gasteiger partial charge >= 0.3 is 0 Å². The fourth-order valence-corrected chi connectivity index (χ4v) is 4.23. The van der Waals surface area contributed by atoms with Crippen LogP contribution >= 0.6 is 0 Å². The van der Waals surface area contributed by atoms with E-state index in [9.17, 15) is 14.4 Å². The number of carbonyl (C=O) groups excluding carboxylic acids is 3. The smallest absolute Gasteiger partial charge is 0.290 e. The second-order valence-electron chi connectivity index (χ2n) is 8.16. The summed E-state index contributed by atoms with van der Waals surface area (Å²) < 4.78 is 5.31. The Labute approximate surface area is 196 Å². The molecule has 5 rings (SSSR count). The average Bonchev–Trinajstić information content (AvgIpc) is 3.43. The van der Waals surface area contributed by atoms with Crippen LogP contribution in [0.2, 0.25) is 0 Å². The number of amides is 2. The van der Waals surface area contributed by atoms with E-state index in [0.717, 1.165) is 11.1 Å². The van der Waals surface area contributed by atoms with Gasteiger partial charge in [-0.1, -0.05) is 66.7 Å². The van der Waals surface area contributed by atoms with E-state index >= 15 is 0 Å². The fraction of sp³-hybridized carbons (Fsp3) is 0.107. The molecule has 0 saturated carbocycles. The number of hydrogen-bond donors (Lipinski definition) is 1. The third kappa shape index (κ3) is 4.26. The molecule has 0 spiro atoms. The lowest BCUT2D eigenvalue weighted by molar-refractivity contribution is -0.121. The zero-order valence-corrected chi connectivity index (χ0v) is 18.3. The molecule has 0 saturated heterocycles. The molecule has 1 aliphatic rings. The van der Waals surface area contributed by atoms with Gasteiger partial charge in [0.15, 0.2) is 11.5 Å². The maximum Gasteiger partial charge on any atom is 0.290 e. The quantitative estimate of drug-likeness (QED) is 0.447. The summed E-state index contributed by atoms with van der Waals surface area (Å²) in [4.78, 5) is 40.9. The Kier molecular flexibility index (Phi) is 5.79. The van der Waals surface area contributed by atoms with E-state index in [1.807, 2.05) is 42.5 Å². The molecule has 0 radical (unpaired) electrons. The highest BCUT2D eigenvalue weighted by molar-refractivity contribution is 6.10. The number of benzene rings is 3. The summed E-state index contributed by atoms with van der Waals surface area (Å²) in [6.07, 6.45) is 1.83. The monoisotopic (exact) mass is 450 g/mol. The molecule has 168 valence electrons. The normalized spacial score (nSPS) is 14.8.